The Hall–Kier alpha value is -1.65. The Bertz CT molecular complexity index is 819. The molecule has 1 nitrogen and oxygen atoms in total. The van der Waals surface area contributed by atoms with Crippen molar-refractivity contribution < 1.29 is 4.39 Å². The molecule has 1 aromatic heterocycles. The standard InChI is InChI=1S/C20H19FNS2/c1-20(2,3)13-17-22-18(15-11-7-8-12-16(15)21)19(24-17)23-14-9-5-4-6-10-14/h4-13H,1-3H3. The highest BCUT2D eigenvalue weighted by molar-refractivity contribution is 8.01. The van der Waals surface area contributed by atoms with Crippen molar-refractivity contribution >= 4 is 23.1 Å². The van der Waals surface area contributed by atoms with E-state index >= 15 is 0 Å². The molecule has 0 spiro atoms. The minimum Gasteiger partial charge on any atom is -0.240 e. The van der Waals surface area contributed by atoms with Crippen molar-refractivity contribution in [3.63, 3.8) is 0 Å². The van der Waals surface area contributed by atoms with Crippen LogP contribution in [-0.4, -0.2) is 4.98 Å². The molecule has 0 saturated carbocycles. The van der Waals surface area contributed by atoms with Crippen molar-refractivity contribution in [2.45, 2.75) is 29.9 Å². The van der Waals surface area contributed by atoms with Gasteiger partial charge in [-0.1, -0.05) is 62.9 Å². The SMILES string of the molecule is CC(C)(C)[CH]c1nc(-c2ccccc2F)c(Sc2ccccc2)s1. The van der Waals surface area contributed by atoms with E-state index in [4.69, 9.17) is 4.98 Å². The topological polar surface area (TPSA) is 12.9 Å². The molecule has 3 rings (SSSR count). The summed E-state index contributed by atoms with van der Waals surface area (Å²) < 4.78 is 15.3. The Labute approximate surface area is 151 Å². The number of benzene rings is 2. The molecule has 0 unspecified atom stereocenters. The van der Waals surface area contributed by atoms with Gasteiger partial charge in [0.1, 0.15) is 5.82 Å². The van der Waals surface area contributed by atoms with Crippen LogP contribution < -0.4 is 0 Å². The largest absolute Gasteiger partial charge is 0.240 e. The molecule has 0 N–H and O–H groups in total. The van der Waals surface area contributed by atoms with Crippen molar-refractivity contribution in [1.82, 2.24) is 4.98 Å². The van der Waals surface area contributed by atoms with Gasteiger partial charge in [-0.05, 0) is 29.7 Å². The lowest BCUT2D eigenvalue weighted by atomic mass is 9.93. The molecule has 0 aliphatic carbocycles. The van der Waals surface area contributed by atoms with Crippen LogP contribution in [0.2, 0.25) is 0 Å². The highest BCUT2D eigenvalue weighted by Crippen LogP contribution is 2.42. The van der Waals surface area contributed by atoms with Gasteiger partial charge >= 0.3 is 0 Å². The highest BCUT2D eigenvalue weighted by Gasteiger charge is 2.21. The predicted octanol–water partition coefficient (Wildman–Crippen LogP) is 6.70. The van der Waals surface area contributed by atoms with E-state index in [-0.39, 0.29) is 11.2 Å². The molecular weight excluding hydrogens is 337 g/mol. The van der Waals surface area contributed by atoms with Gasteiger partial charge in [-0.25, -0.2) is 9.37 Å². The number of hydrogen-bond donors (Lipinski definition) is 0. The number of rotatable bonds is 4. The first-order valence-electron chi connectivity index (χ1n) is 7.77. The minimum absolute atomic E-state index is 0.0268. The van der Waals surface area contributed by atoms with Gasteiger partial charge in [-0.3, -0.25) is 0 Å². The van der Waals surface area contributed by atoms with Gasteiger partial charge < -0.3 is 0 Å². The maximum absolute atomic E-state index is 14.3. The van der Waals surface area contributed by atoms with E-state index in [1.54, 1.807) is 35.2 Å². The lowest BCUT2D eigenvalue weighted by Gasteiger charge is -2.14. The van der Waals surface area contributed by atoms with E-state index in [1.807, 2.05) is 24.3 Å². The van der Waals surface area contributed by atoms with E-state index < -0.39 is 0 Å². The van der Waals surface area contributed by atoms with Crippen molar-refractivity contribution in [3.05, 3.63) is 71.8 Å². The summed E-state index contributed by atoms with van der Waals surface area (Å²) in [5, 5.41) is 0.930. The molecule has 3 aromatic rings. The van der Waals surface area contributed by atoms with Crippen molar-refractivity contribution in [1.29, 1.82) is 0 Å². The molecule has 123 valence electrons. The lowest BCUT2D eigenvalue weighted by Crippen LogP contribution is -2.05. The van der Waals surface area contributed by atoms with Gasteiger partial charge in [0.15, 0.2) is 0 Å². The average molecular weight is 357 g/mol. The van der Waals surface area contributed by atoms with Crippen molar-refractivity contribution in [2.24, 2.45) is 5.41 Å². The summed E-state index contributed by atoms with van der Waals surface area (Å²) in [5.74, 6) is -0.236. The third-order valence-corrected chi connectivity index (χ3v) is 5.44. The first kappa shape index (κ1) is 17.2. The zero-order chi connectivity index (χ0) is 17.2. The van der Waals surface area contributed by atoms with Crippen LogP contribution >= 0.6 is 23.1 Å². The normalized spacial score (nSPS) is 11.7. The molecule has 24 heavy (non-hydrogen) atoms. The Morgan fingerprint density at radius 2 is 1.67 bits per heavy atom. The number of thiazole rings is 1. The molecule has 4 heteroatoms. The summed E-state index contributed by atoms with van der Waals surface area (Å²) in [6, 6.07) is 17.0. The highest BCUT2D eigenvalue weighted by atomic mass is 32.2. The fraction of sp³-hybridized carbons (Fsp3) is 0.200. The van der Waals surface area contributed by atoms with E-state index in [9.17, 15) is 4.39 Å². The van der Waals surface area contributed by atoms with Gasteiger partial charge in [-0.2, -0.15) is 0 Å². The quantitative estimate of drug-likeness (QED) is 0.516. The molecule has 1 heterocycles. The molecule has 0 amide bonds. The number of halogens is 1. The fourth-order valence-electron chi connectivity index (χ4n) is 2.24. The van der Waals surface area contributed by atoms with Gasteiger partial charge in [0.2, 0.25) is 0 Å². The fourth-order valence-corrected chi connectivity index (χ4v) is 4.70. The zero-order valence-electron chi connectivity index (χ0n) is 13.9. The molecule has 2 aromatic carbocycles. The first-order chi connectivity index (χ1) is 11.4. The summed E-state index contributed by atoms with van der Waals surface area (Å²) in [6.07, 6.45) is 2.14. The Kier molecular flexibility index (Phi) is 5.07. The number of nitrogens with zero attached hydrogens (tertiary/aromatic N) is 1. The lowest BCUT2D eigenvalue weighted by molar-refractivity contribution is 0.505. The Morgan fingerprint density at radius 3 is 2.33 bits per heavy atom. The van der Waals surface area contributed by atoms with Gasteiger partial charge in [0.25, 0.3) is 0 Å². The second-order valence-corrected chi connectivity index (χ2v) is 8.97. The van der Waals surface area contributed by atoms with E-state index in [2.05, 4.69) is 39.3 Å². The van der Waals surface area contributed by atoms with E-state index in [1.165, 1.54) is 6.07 Å². The summed E-state index contributed by atoms with van der Waals surface area (Å²) in [4.78, 5) is 5.85. The van der Waals surface area contributed by atoms with E-state index in [0.717, 1.165) is 19.8 Å². The summed E-state index contributed by atoms with van der Waals surface area (Å²) in [6.45, 7) is 6.42. The van der Waals surface area contributed by atoms with Crippen LogP contribution in [0.5, 0.6) is 0 Å². The Balaban J connectivity index is 2.03. The predicted molar refractivity (Wildman–Crippen MR) is 101 cm³/mol. The molecule has 0 aliphatic heterocycles. The van der Waals surface area contributed by atoms with Crippen molar-refractivity contribution in [3.8, 4) is 11.3 Å². The molecule has 0 saturated heterocycles. The molecule has 0 atom stereocenters. The molecule has 0 aliphatic rings. The summed E-state index contributed by atoms with van der Waals surface area (Å²) in [7, 11) is 0. The van der Waals surface area contributed by atoms with Crippen LogP contribution in [-0.2, 0) is 0 Å². The summed E-state index contributed by atoms with van der Waals surface area (Å²) in [5.41, 5.74) is 1.31. The summed E-state index contributed by atoms with van der Waals surface area (Å²) >= 11 is 3.25. The van der Waals surface area contributed by atoms with Crippen LogP contribution in [0, 0.1) is 17.7 Å². The van der Waals surface area contributed by atoms with Crippen LogP contribution in [0.25, 0.3) is 11.3 Å². The molecule has 0 bridgehead atoms. The third-order valence-electron chi connectivity index (χ3n) is 3.25. The zero-order valence-corrected chi connectivity index (χ0v) is 15.5. The minimum atomic E-state index is -0.236. The second-order valence-electron chi connectivity index (χ2n) is 6.59. The third kappa shape index (κ3) is 4.25. The second kappa shape index (κ2) is 7.08. The Morgan fingerprint density at radius 1 is 1.00 bits per heavy atom. The number of aromatic nitrogens is 1. The van der Waals surface area contributed by atoms with Crippen LogP contribution in [0.15, 0.2) is 63.7 Å². The van der Waals surface area contributed by atoms with E-state index in [0.29, 0.717) is 5.56 Å². The van der Waals surface area contributed by atoms with Gasteiger partial charge in [-0.15, -0.1) is 11.3 Å². The molecule has 1 radical (unpaired) electrons. The van der Waals surface area contributed by atoms with Crippen molar-refractivity contribution in [2.75, 3.05) is 0 Å². The molecular formula is C20H19FNS2. The monoisotopic (exact) mass is 356 g/mol. The maximum Gasteiger partial charge on any atom is 0.132 e. The molecule has 0 fully saturated rings. The van der Waals surface area contributed by atoms with Gasteiger partial charge in [0.05, 0.1) is 14.9 Å². The smallest absolute Gasteiger partial charge is 0.132 e. The van der Waals surface area contributed by atoms with Gasteiger partial charge in [0, 0.05) is 16.9 Å². The number of hydrogen-bond acceptors (Lipinski definition) is 3. The van der Waals surface area contributed by atoms with Crippen LogP contribution in [0.4, 0.5) is 4.39 Å². The average Bonchev–Trinajstić information content (AvgIpc) is 2.89. The first-order valence-corrected chi connectivity index (χ1v) is 9.40. The van der Waals surface area contributed by atoms with Crippen LogP contribution in [0.1, 0.15) is 25.8 Å². The van der Waals surface area contributed by atoms with Crippen LogP contribution in [0.3, 0.4) is 0 Å². The maximum atomic E-state index is 14.3.